The summed E-state index contributed by atoms with van der Waals surface area (Å²) in [4.78, 5) is 15.2. The van der Waals surface area contributed by atoms with E-state index < -0.39 is 10.0 Å². The predicted molar refractivity (Wildman–Crippen MR) is 150 cm³/mol. The highest BCUT2D eigenvalue weighted by atomic mass is 35.5. The third kappa shape index (κ3) is 5.00. The molecule has 0 saturated carbocycles. The fourth-order valence-corrected chi connectivity index (χ4v) is 8.14. The van der Waals surface area contributed by atoms with E-state index in [1.54, 1.807) is 28.6 Å². The second-order valence-corrected chi connectivity index (χ2v) is 13.1. The lowest BCUT2D eigenvalue weighted by molar-refractivity contribution is 0.384. The van der Waals surface area contributed by atoms with Crippen molar-refractivity contribution in [2.24, 2.45) is 0 Å². The number of piperazine rings is 1. The third-order valence-electron chi connectivity index (χ3n) is 7.31. The van der Waals surface area contributed by atoms with E-state index in [1.807, 2.05) is 17.4 Å². The van der Waals surface area contributed by atoms with E-state index in [0.29, 0.717) is 31.2 Å². The van der Waals surface area contributed by atoms with E-state index in [1.165, 1.54) is 34.2 Å². The smallest absolute Gasteiger partial charge is 0.243 e. The van der Waals surface area contributed by atoms with Gasteiger partial charge in [0, 0.05) is 42.5 Å². The molecule has 1 saturated heterocycles. The number of halogens is 1. The average molecular weight is 553 g/mol. The molecule has 0 radical (unpaired) electrons. The van der Waals surface area contributed by atoms with E-state index in [-0.39, 0.29) is 4.90 Å². The Morgan fingerprint density at radius 3 is 2.35 bits per heavy atom. The maximum atomic E-state index is 13.2. The van der Waals surface area contributed by atoms with Crippen LogP contribution in [0.25, 0.3) is 10.2 Å². The molecule has 0 atom stereocenters. The monoisotopic (exact) mass is 552 g/mol. The van der Waals surface area contributed by atoms with Crippen molar-refractivity contribution in [1.29, 1.82) is 0 Å². The second kappa shape index (κ2) is 10.3. The molecular weight excluding hydrogens is 524 g/mol. The Morgan fingerprint density at radius 1 is 0.865 bits per heavy atom. The molecule has 4 aromatic rings. The van der Waals surface area contributed by atoms with Crippen LogP contribution in [0.5, 0.6) is 0 Å². The van der Waals surface area contributed by atoms with Crippen molar-refractivity contribution >= 4 is 49.0 Å². The lowest BCUT2D eigenvalue weighted by Crippen LogP contribution is -2.49. The van der Waals surface area contributed by atoms with Gasteiger partial charge in [0.15, 0.2) is 0 Å². The maximum absolute atomic E-state index is 13.2. The Balaban J connectivity index is 1.28. The first-order valence-corrected chi connectivity index (χ1v) is 15.5. The zero-order valence-electron chi connectivity index (χ0n) is 20.6. The van der Waals surface area contributed by atoms with E-state index in [0.717, 1.165) is 42.2 Å². The predicted octanol–water partition coefficient (Wildman–Crippen LogP) is 5.52. The Bertz CT molecular complexity index is 1510. The Morgan fingerprint density at radius 2 is 1.59 bits per heavy atom. The summed E-state index contributed by atoms with van der Waals surface area (Å²) >= 11 is 7.79. The molecule has 2 aromatic heterocycles. The normalized spacial score (nSPS) is 16.7. The van der Waals surface area contributed by atoms with Gasteiger partial charge in [-0.1, -0.05) is 41.9 Å². The first-order chi connectivity index (χ1) is 18.0. The number of aromatic nitrogens is 2. The van der Waals surface area contributed by atoms with Gasteiger partial charge in [-0.2, -0.15) is 4.31 Å². The lowest BCUT2D eigenvalue weighted by Gasteiger charge is -2.35. The minimum absolute atomic E-state index is 0.282. The molecule has 6 nitrogen and oxygen atoms in total. The summed E-state index contributed by atoms with van der Waals surface area (Å²) < 4.78 is 28.0. The number of benzene rings is 2. The highest BCUT2D eigenvalue weighted by Crippen LogP contribution is 2.40. The minimum Gasteiger partial charge on any atom is -0.353 e. The largest absolute Gasteiger partial charge is 0.353 e. The number of rotatable bonds is 6. The molecule has 192 valence electrons. The number of sulfonamides is 1. The summed E-state index contributed by atoms with van der Waals surface area (Å²) in [5.41, 5.74) is 2.69. The molecule has 6 rings (SSSR count). The highest BCUT2D eigenvalue weighted by molar-refractivity contribution is 7.89. The molecule has 2 aliphatic rings. The van der Waals surface area contributed by atoms with E-state index >= 15 is 0 Å². The first kappa shape index (κ1) is 24.8. The molecule has 1 aliphatic carbocycles. The van der Waals surface area contributed by atoms with Crippen LogP contribution in [0.2, 0.25) is 5.02 Å². The Kier molecular flexibility index (Phi) is 6.92. The van der Waals surface area contributed by atoms with Gasteiger partial charge in [0.2, 0.25) is 10.0 Å². The van der Waals surface area contributed by atoms with Gasteiger partial charge in [0.05, 0.1) is 10.3 Å². The van der Waals surface area contributed by atoms with Gasteiger partial charge < -0.3 is 4.90 Å². The molecule has 0 amide bonds. The van der Waals surface area contributed by atoms with Gasteiger partial charge in [-0.25, -0.2) is 18.4 Å². The lowest BCUT2D eigenvalue weighted by atomic mass is 9.97. The van der Waals surface area contributed by atoms with Crippen LogP contribution in [0.3, 0.4) is 0 Å². The number of nitrogens with zero attached hydrogens (tertiary/aromatic N) is 4. The minimum atomic E-state index is -3.56. The standard InChI is InChI=1S/C28H29ClN4O2S2/c29-21-11-13-22(14-12-21)37(34,35)33-18-16-32(17-19-33)27-26-23-8-4-5-9-24(23)36-28(26)31-25(30-27)15-10-20-6-2-1-3-7-20/h1-3,6-7,11-14H,4-5,8-10,15-19H2. The van der Waals surface area contributed by atoms with Crippen LogP contribution < -0.4 is 4.90 Å². The van der Waals surface area contributed by atoms with Crippen molar-refractivity contribution in [1.82, 2.24) is 14.3 Å². The number of aryl methyl sites for hydroxylation is 4. The van der Waals surface area contributed by atoms with E-state index in [9.17, 15) is 8.42 Å². The zero-order chi connectivity index (χ0) is 25.4. The molecule has 0 bridgehead atoms. The van der Waals surface area contributed by atoms with Crippen molar-refractivity contribution in [3.8, 4) is 0 Å². The third-order valence-corrected chi connectivity index (χ3v) is 10.7. The van der Waals surface area contributed by atoms with Crippen molar-refractivity contribution in [3.05, 3.63) is 81.4 Å². The molecule has 0 N–H and O–H groups in total. The molecule has 37 heavy (non-hydrogen) atoms. The molecule has 0 spiro atoms. The number of hydrogen-bond acceptors (Lipinski definition) is 6. The zero-order valence-corrected chi connectivity index (χ0v) is 23.0. The summed E-state index contributed by atoms with van der Waals surface area (Å²) in [7, 11) is -3.56. The van der Waals surface area contributed by atoms with Crippen LogP contribution >= 0.6 is 22.9 Å². The summed E-state index contributed by atoms with van der Waals surface area (Å²) in [6, 6.07) is 16.9. The molecule has 9 heteroatoms. The summed E-state index contributed by atoms with van der Waals surface area (Å²) in [6.45, 7) is 2.04. The topological polar surface area (TPSA) is 66.4 Å². The van der Waals surface area contributed by atoms with Gasteiger partial charge in [-0.05, 0) is 67.5 Å². The SMILES string of the molecule is O=S(=O)(c1ccc(Cl)cc1)N1CCN(c2nc(CCc3ccccc3)nc3sc4c(c23)CCCC4)CC1. The Hall–Kier alpha value is -2.52. The van der Waals surface area contributed by atoms with Crippen LogP contribution in [0.1, 0.15) is 34.7 Å². The Labute approximate surface area is 227 Å². The van der Waals surface area contributed by atoms with Crippen LogP contribution in [0.15, 0.2) is 59.5 Å². The number of anilines is 1. The molecule has 1 aliphatic heterocycles. The van der Waals surface area contributed by atoms with Gasteiger partial charge in [-0.3, -0.25) is 0 Å². The van der Waals surface area contributed by atoms with Gasteiger partial charge in [0.25, 0.3) is 0 Å². The fraction of sp³-hybridized carbons (Fsp3) is 0.357. The van der Waals surface area contributed by atoms with Crippen molar-refractivity contribution in [2.75, 3.05) is 31.1 Å². The van der Waals surface area contributed by atoms with Crippen molar-refractivity contribution in [2.45, 2.75) is 43.4 Å². The van der Waals surface area contributed by atoms with E-state index in [4.69, 9.17) is 21.6 Å². The van der Waals surface area contributed by atoms with Crippen LogP contribution in [0, 0.1) is 0 Å². The molecule has 1 fully saturated rings. The number of thiophene rings is 1. The molecule has 3 heterocycles. The highest BCUT2D eigenvalue weighted by Gasteiger charge is 2.31. The fourth-order valence-electron chi connectivity index (χ4n) is 5.32. The van der Waals surface area contributed by atoms with Crippen LogP contribution in [-0.4, -0.2) is 48.9 Å². The molecule has 2 aromatic carbocycles. The summed E-state index contributed by atoms with van der Waals surface area (Å²) in [6.07, 6.45) is 6.28. The first-order valence-electron chi connectivity index (χ1n) is 12.8. The number of fused-ring (bicyclic) bond motifs is 3. The summed E-state index contributed by atoms with van der Waals surface area (Å²) in [5, 5.41) is 1.72. The molecular formula is C28H29ClN4O2S2. The number of hydrogen-bond donors (Lipinski definition) is 0. The van der Waals surface area contributed by atoms with Crippen LogP contribution in [-0.2, 0) is 35.7 Å². The van der Waals surface area contributed by atoms with Gasteiger partial charge >= 0.3 is 0 Å². The van der Waals surface area contributed by atoms with Crippen LogP contribution in [0.4, 0.5) is 5.82 Å². The van der Waals surface area contributed by atoms with Gasteiger partial charge in [-0.15, -0.1) is 11.3 Å². The summed E-state index contributed by atoms with van der Waals surface area (Å²) in [5.74, 6) is 1.84. The van der Waals surface area contributed by atoms with Crippen molar-refractivity contribution in [3.63, 3.8) is 0 Å². The maximum Gasteiger partial charge on any atom is 0.243 e. The van der Waals surface area contributed by atoms with Gasteiger partial charge in [0.1, 0.15) is 16.5 Å². The second-order valence-electron chi connectivity index (χ2n) is 9.69. The quantitative estimate of drug-likeness (QED) is 0.315. The molecule has 0 unspecified atom stereocenters. The van der Waals surface area contributed by atoms with E-state index in [2.05, 4.69) is 29.2 Å². The average Bonchev–Trinajstić information content (AvgIpc) is 3.31. The van der Waals surface area contributed by atoms with Crippen molar-refractivity contribution < 1.29 is 8.42 Å².